The summed E-state index contributed by atoms with van der Waals surface area (Å²) < 4.78 is 48.9. The number of esters is 1. The highest BCUT2D eigenvalue weighted by Gasteiger charge is 2.61. The number of anilines is 1. The van der Waals surface area contributed by atoms with Gasteiger partial charge in [0.15, 0.2) is 17.7 Å². The van der Waals surface area contributed by atoms with Gasteiger partial charge in [0, 0.05) is 55.2 Å². The van der Waals surface area contributed by atoms with Crippen LogP contribution in [0.3, 0.4) is 0 Å². The Kier molecular flexibility index (Phi) is 14.3. The number of benzene rings is 1. The second-order valence-corrected chi connectivity index (χ2v) is 17.2. The van der Waals surface area contributed by atoms with E-state index in [0.717, 1.165) is 12.5 Å². The van der Waals surface area contributed by atoms with Crippen LogP contribution >= 0.6 is 0 Å². The Morgan fingerprint density at radius 1 is 1.07 bits per heavy atom. The van der Waals surface area contributed by atoms with E-state index in [9.17, 15) is 24.3 Å². The van der Waals surface area contributed by atoms with Gasteiger partial charge in [-0.1, -0.05) is 45.0 Å². The molecular formula is C42H63FN6O10. The lowest BCUT2D eigenvalue weighted by molar-refractivity contribution is -0.290. The molecule has 3 aliphatic rings. The molecule has 3 fully saturated rings. The van der Waals surface area contributed by atoms with Crippen LogP contribution in [0.2, 0.25) is 0 Å². The monoisotopic (exact) mass is 830 g/mol. The normalized spacial score (nSPS) is 37.5. The summed E-state index contributed by atoms with van der Waals surface area (Å²) in [6.45, 7) is 13.1. The van der Waals surface area contributed by atoms with E-state index < -0.39 is 89.2 Å². The molecule has 1 aromatic heterocycles. The maximum atomic E-state index is 16.8. The quantitative estimate of drug-likeness (QED) is 0.125. The summed E-state index contributed by atoms with van der Waals surface area (Å²) in [7, 11) is 3.09. The van der Waals surface area contributed by atoms with E-state index in [1.807, 2.05) is 31.3 Å². The topological polar surface area (TPSA) is 207 Å². The molecule has 1 amide bonds. The average molecular weight is 831 g/mol. The van der Waals surface area contributed by atoms with Gasteiger partial charge in [0.05, 0.1) is 30.0 Å². The van der Waals surface area contributed by atoms with Gasteiger partial charge in [-0.3, -0.25) is 14.3 Å². The number of alkyl halides is 1. The van der Waals surface area contributed by atoms with E-state index in [0.29, 0.717) is 37.2 Å². The van der Waals surface area contributed by atoms with E-state index in [2.05, 4.69) is 15.6 Å². The number of aliphatic hydroxyl groups excluding tert-OH is 1. The van der Waals surface area contributed by atoms with Crippen LogP contribution in [0.1, 0.15) is 87.5 Å². The molecule has 0 spiro atoms. The number of nitrogens with zero attached hydrogens (tertiary/aromatic N) is 4. The first-order valence-electron chi connectivity index (χ1n) is 20.7. The number of nitrogen functional groups attached to an aromatic ring is 1. The highest BCUT2D eigenvalue weighted by molar-refractivity contribution is 6.08. The molecule has 13 atom stereocenters. The maximum absolute atomic E-state index is 16.8. The van der Waals surface area contributed by atoms with E-state index in [-0.39, 0.29) is 31.3 Å². The highest BCUT2D eigenvalue weighted by Crippen LogP contribution is 2.43. The van der Waals surface area contributed by atoms with Gasteiger partial charge in [0.1, 0.15) is 23.7 Å². The largest absolute Gasteiger partial charge is 0.455 e. The van der Waals surface area contributed by atoms with Gasteiger partial charge in [0.2, 0.25) is 0 Å². The summed E-state index contributed by atoms with van der Waals surface area (Å²) >= 11 is 0. The van der Waals surface area contributed by atoms with Gasteiger partial charge < -0.3 is 44.7 Å². The molecule has 4 heterocycles. The van der Waals surface area contributed by atoms with E-state index in [1.165, 1.54) is 18.9 Å². The van der Waals surface area contributed by atoms with E-state index in [1.54, 1.807) is 52.4 Å². The standard InChI is InChI=1S/C42H63FN6O10/c1-11-31-42(8)34(49(39(54)59-42)18-13-12-17-48-22-30(46-47-48)27-15-14-16-28(44)20-27)25(4)32(50)23(2)21-40(6,55-10)36(26(5)35(52)41(7,43)38(53)57-31)58-37-33(51)29(45-9)19-24(3)56-37/h14-16,20,22-26,29,31,33-34,36-37,45,51H,11-13,17-19,21,44H2,1-10H3/t23-,24-,25+,26+,29+,31-,33-,34-,36?,37+,40+,41+,42-/m1/s1. The molecule has 16 nitrogen and oxygen atoms in total. The lowest BCUT2D eigenvalue weighted by Gasteiger charge is -2.46. The molecule has 0 radical (unpaired) electrons. The van der Waals surface area contributed by atoms with Crippen molar-refractivity contribution in [2.45, 2.75) is 154 Å². The molecule has 17 heteroatoms. The van der Waals surface area contributed by atoms with Crippen LogP contribution in [0.5, 0.6) is 0 Å². The summed E-state index contributed by atoms with van der Waals surface area (Å²) in [5, 5.41) is 22.8. The molecule has 1 unspecified atom stereocenters. The predicted molar refractivity (Wildman–Crippen MR) is 214 cm³/mol. The number of amides is 1. The van der Waals surface area contributed by atoms with Gasteiger partial charge in [-0.05, 0) is 79.0 Å². The van der Waals surface area contributed by atoms with Crippen LogP contribution in [0.4, 0.5) is 14.9 Å². The molecule has 1 aromatic carbocycles. The number of aliphatic hydroxyl groups is 1. The Morgan fingerprint density at radius 2 is 1.76 bits per heavy atom. The summed E-state index contributed by atoms with van der Waals surface area (Å²) in [5.74, 6) is -5.86. The first-order valence-corrected chi connectivity index (χ1v) is 20.7. The molecule has 4 N–H and O–H groups in total. The fourth-order valence-corrected chi connectivity index (χ4v) is 9.30. The zero-order valence-corrected chi connectivity index (χ0v) is 36.0. The summed E-state index contributed by atoms with van der Waals surface area (Å²) in [5.41, 5.74) is 1.79. The zero-order valence-electron chi connectivity index (χ0n) is 36.0. The summed E-state index contributed by atoms with van der Waals surface area (Å²) in [4.78, 5) is 58.1. The van der Waals surface area contributed by atoms with Crippen LogP contribution in [-0.4, -0.2) is 129 Å². The SMILES string of the molecule is CC[C@H]1OC(=O)[C@@](C)(F)C(=O)[C@H](C)C(O[C@@H]2O[C@H](C)C[C@H](NC)[C@H]2O)[C@@](C)(OC)C[C@@H](C)C(=O)[C@H](C)[C@H]2N(CCCCn3cc(-c4cccc(N)c4)nn3)C(=O)O[C@]12C. The lowest BCUT2D eigenvalue weighted by atomic mass is 9.73. The van der Waals surface area contributed by atoms with Crippen LogP contribution in [-0.2, 0) is 44.6 Å². The number of carbonyl (C=O) groups is 4. The fraction of sp³-hybridized carbons (Fsp3) is 0.714. The Labute approximate surface area is 345 Å². The van der Waals surface area contributed by atoms with E-state index >= 15 is 4.39 Å². The predicted octanol–water partition coefficient (Wildman–Crippen LogP) is 4.26. The molecule has 0 aliphatic carbocycles. The van der Waals surface area contributed by atoms with Crippen molar-refractivity contribution in [1.82, 2.24) is 25.2 Å². The third-order valence-corrected chi connectivity index (χ3v) is 12.7. The molecular weight excluding hydrogens is 767 g/mol. The number of methoxy groups -OCH3 is 1. The second-order valence-electron chi connectivity index (χ2n) is 17.2. The number of cyclic esters (lactones) is 1. The van der Waals surface area contributed by atoms with Gasteiger partial charge >= 0.3 is 12.1 Å². The van der Waals surface area contributed by atoms with Crippen molar-refractivity contribution in [2.24, 2.45) is 17.8 Å². The molecule has 5 rings (SSSR count). The highest BCUT2D eigenvalue weighted by atomic mass is 19.1. The minimum Gasteiger partial charge on any atom is -0.455 e. The fourth-order valence-electron chi connectivity index (χ4n) is 9.30. The van der Waals surface area contributed by atoms with Crippen LogP contribution in [0.25, 0.3) is 11.3 Å². The molecule has 0 bridgehead atoms. The third kappa shape index (κ3) is 9.33. The summed E-state index contributed by atoms with van der Waals surface area (Å²) in [6, 6.07) is 5.97. The van der Waals surface area contributed by atoms with Crippen LogP contribution < -0.4 is 11.1 Å². The number of ketones is 2. The smallest absolute Gasteiger partial charge is 0.410 e. The molecule has 0 saturated carbocycles. The van der Waals surface area contributed by atoms with Gasteiger partial charge in [-0.15, -0.1) is 5.10 Å². The van der Waals surface area contributed by atoms with Gasteiger partial charge in [-0.25, -0.2) is 14.0 Å². The minimum atomic E-state index is -3.18. The molecule has 3 saturated heterocycles. The summed E-state index contributed by atoms with van der Waals surface area (Å²) in [6.07, 6.45) is -2.62. The van der Waals surface area contributed by atoms with Crippen molar-refractivity contribution >= 4 is 29.3 Å². The first kappa shape index (κ1) is 46.0. The van der Waals surface area contributed by atoms with Crippen LogP contribution in [0.15, 0.2) is 30.5 Å². The Balaban J connectivity index is 1.45. The van der Waals surface area contributed by atoms with Crippen molar-refractivity contribution in [3.05, 3.63) is 30.5 Å². The number of ether oxygens (including phenoxy) is 5. The molecule has 328 valence electrons. The average Bonchev–Trinajstić information content (AvgIpc) is 3.78. The Hall–Kier alpha value is -4.03. The molecule has 3 aliphatic heterocycles. The van der Waals surface area contributed by atoms with E-state index in [4.69, 9.17) is 29.4 Å². The van der Waals surface area contributed by atoms with Crippen molar-refractivity contribution < 1.29 is 52.4 Å². The Morgan fingerprint density at radius 3 is 2.41 bits per heavy atom. The number of likely N-dealkylation sites (N-methyl/N-ethyl adjacent to an activating group) is 1. The lowest BCUT2D eigenvalue weighted by Crippen LogP contribution is -2.61. The number of rotatable bonds is 11. The number of hydrogen-bond donors (Lipinski definition) is 3. The molecule has 2 aromatic rings. The number of nitrogens with two attached hydrogens (primary N) is 1. The number of hydrogen-bond acceptors (Lipinski definition) is 14. The number of Topliss-reactive ketones (excluding diaryl/α,β-unsaturated/α-hetero) is 2. The third-order valence-electron chi connectivity index (χ3n) is 12.7. The number of halogens is 1. The number of unbranched alkanes of at least 4 members (excludes halogenated alkanes) is 1. The number of aryl methyl sites for hydroxylation is 1. The van der Waals surface area contributed by atoms with Gasteiger partial charge in [0.25, 0.3) is 5.67 Å². The van der Waals surface area contributed by atoms with Crippen molar-refractivity contribution in [2.75, 3.05) is 26.4 Å². The maximum Gasteiger partial charge on any atom is 0.410 e. The number of nitrogens with one attached hydrogen (secondary N) is 1. The van der Waals surface area contributed by atoms with Crippen LogP contribution in [0, 0.1) is 17.8 Å². The van der Waals surface area contributed by atoms with Gasteiger partial charge in [-0.2, -0.15) is 0 Å². The minimum absolute atomic E-state index is 0.0128. The first-order chi connectivity index (χ1) is 27.7. The number of fused-ring (bicyclic) bond motifs is 1. The Bertz CT molecular complexity index is 1830. The van der Waals surface area contributed by atoms with Crippen molar-refractivity contribution in [3.63, 3.8) is 0 Å². The zero-order chi connectivity index (χ0) is 43.6. The molecule has 59 heavy (non-hydrogen) atoms. The van der Waals surface area contributed by atoms with Crippen molar-refractivity contribution in [3.8, 4) is 11.3 Å². The van der Waals surface area contributed by atoms with Crippen molar-refractivity contribution in [1.29, 1.82) is 0 Å². The number of aromatic nitrogens is 3. The number of carbonyl (C=O) groups excluding carboxylic acids is 4. The second kappa shape index (κ2) is 18.3.